The minimum Gasteiger partial charge on any atom is -0.493 e. The Kier molecular flexibility index (Phi) is 3.52. The van der Waals surface area contributed by atoms with Crippen LogP contribution in [0.1, 0.15) is 29.8 Å². The van der Waals surface area contributed by atoms with E-state index >= 15 is 0 Å². The van der Waals surface area contributed by atoms with E-state index < -0.39 is 0 Å². The average Bonchev–Trinajstić information content (AvgIpc) is 2.81. The van der Waals surface area contributed by atoms with Gasteiger partial charge in [-0.1, -0.05) is 0 Å². The Bertz CT molecular complexity index is 503. The fraction of sp³-hybridized carbons (Fsp3) is 0.429. The number of hydrogen-bond donors (Lipinski definition) is 0. The third kappa shape index (κ3) is 2.30. The second-order valence-corrected chi connectivity index (χ2v) is 4.61. The topological polar surface area (TPSA) is 53.3 Å². The van der Waals surface area contributed by atoms with Crippen molar-refractivity contribution in [2.45, 2.75) is 26.3 Å². The molecule has 0 unspecified atom stereocenters. The molecule has 0 spiro atoms. The molecule has 0 N–H and O–H groups in total. The molecule has 0 fully saturated rings. The summed E-state index contributed by atoms with van der Waals surface area (Å²) in [4.78, 5) is 13.9. The van der Waals surface area contributed by atoms with Crippen molar-refractivity contribution in [3.63, 3.8) is 0 Å². The lowest BCUT2D eigenvalue weighted by Crippen LogP contribution is -2.37. The molecule has 0 aliphatic carbocycles. The minimum absolute atomic E-state index is 0.0154. The van der Waals surface area contributed by atoms with E-state index in [1.807, 2.05) is 32.0 Å². The summed E-state index contributed by atoms with van der Waals surface area (Å²) in [7, 11) is 0. The van der Waals surface area contributed by atoms with Crippen molar-refractivity contribution in [3.05, 3.63) is 29.3 Å². The quantitative estimate of drug-likeness (QED) is 0.764. The van der Waals surface area contributed by atoms with Crippen LogP contribution in [-0.4, -0.2) is 30.0 Å². The number of ether oxygens (including phenoxy) is 1. The predicted molar refractivity (Wildman–Crippen MR) is 67.4 cm³/mol. The largest absolute Gasteiger partial charge is 0.493 e. The van der Waals surface area contributed by atoms with Gasteiger partial charge >= 0.3 is 0 Å². The third-order valence-electron chi connectivity index (χ3n) is 3.06. The van der Waals surface area contributed by atoms with Gasteiger partial charge in [0.05, 0.1) is 12.7 Å². The van der Waals surface area contributed by atoms with Gasteiger partial charge in [-0.2, -0.15) is 5.26 Å². The van der Waals surface area contributed by atoms with Crippen LogP contribution in [0.5, 0.6) is 5.75 Å². The zero-order valence-corrected chi connectivity index (χ0v) is 10.6. The number of hydrogen-bond acceptors (Lipinski definition) is 3. The van der Waals surface area contributed by atoms with Crippen molar-refractivity contribution in [2.75, 3.05) is 13.2 Å². The van der Waals surface area contributed by atoms with Crippen molar-refractivity contribution in [1.29, 1.82) is 5.26 Å². The molecule has 2 rings (SSSR count). The van der Waals surface area contributed by atoms with E-state index in [0.29, 0.717) is 12.2 Å². The highest BCUT2D eigenvalue weighted by molar-refractivity contribution is 5.95. The molecule has 4 nitrogen and oxygen atoms in total. The van der Waals surface area contributed by atoms with Gasteiger partial charge in [0.25, 0.3) is 5.91 Å². The molecule has 0 atom stereocenters. The maximum Gasteiger partial charge on any atom is 0.254 e. The number of nitrogens with zero attached hydrogens (tertiary/aromatic N) is 2. The molecule has 1 heterocycles. The molecule has 1 amide bonds. The molecule has 1 aromatic carbocycles. The van der Waals surface area contributed by atoms with Gasteiger partial charge in [-0.3, -0.25) is 4.79 Å². The number of carbonyl (C=O) groups is 1. The molecule has 4 heteroatoms. The minimum atomic E-state index is -0.0961. The smallest absolute Gasteiger partial charge is 0.254 e. The normalized spacial score (nSPS) is 12.8. The third-order valence-corrected chi connectivity index (χ3v) is 3.06. The lowest BCUT2D eigenvalue weighted by atomic mass is 10.1. The van der Waals surface area contributed by atoms with E-state index in [9.17, 15) is 4.79 Å². The standard InChI is InChI=1S/C14H16N2O2/c1-10(2)16(7-6-15)14(17)12-3-4-13-11(9-12)5-8-18-13/h3-4,9-10H,5,7-8H2,1-2H3. The number of rotatable bonds is 3. The predicted octanol–water partition coefficient (Wildman–Crippen LogP) is 2.00. The second kappa shape index (κ2) is 5.09. The van der Waals surface area contributed by atoms with Crippen molar-refractivity contribution >= 4 is 5.91 Å². The van der Waals surface area contributed by atoms with Crippen LogP contribution in [0.15, 0.2) is 18.2 Å². The Morgan fingerprint density at radius 3 is 3.00 bits per heavy atom. The van der Waals surface area contributed by atoms with E-state index in [-0.39, 0.29) is 18.5 Å². The second-order valence-electron chi connectivity index (χ2n) is 4.61. The highest BCUT2D eigenvalue weighted by Gasteiger charge is 2.21. The highest BCUT2D eigenvalue weighted by Crippen LogP contribution is 2.26. The zero-order valence-electron chi connectivity index (χ0n) is 10.6. The average molecular weight is 244 g/mol. The lowest BCUT2D eigenvalue weighted by Gasteiger charge is -2.24. The molecular formula is C14H16N2O2. The SMILES string of the molecule is CC(C)N(CC#N)C(=O)c1ccc2c(c1)CCO2. The lowest BCUT2D eigenvalue weighted by molar-refractivity contribution is 0.0731. The Morgan fingerprint density at radius 1 is 1.56 bits per heavy atom. The first-order valence-electron chi connectivity index (χ1n) is 6.07. The fourth-order valence-corrected chi connectivity index (χ4v) is 2.05. The fourth-order valence-electron chi connectivity index (χ4n) is 2.05. The summed E-state index contributed by atoms with van der Waals surface area (Å²) < 4.78 is 5.41. The maximum atomic E-state index is 12.3. The van der Waals surface area contributed by atoms with Gasteiger partial charge in [0.2, 0.25) is 0 Å². The zero-order chi connectivity index (χ0) is 13.1. The first-order chi connectivity index (χ1) is 8.63. The maximum absolute atomic E-state index is 12.3. The monoisotopic (exact) mass is 244 g/mol. The molecule has 1 aliphatic heterocycles. The summed E-state index contributed by atoms with van der Waals surface area (Å²) in [6.07, 6.45) is 0.844. The van der Waals surface area contributed by atoms with Crippen molar-refractivity contribution < 1.29 is 9.53 Å². The Hall–Kier alpha value is -2.02. The van der Waals surface area contributed by atoms with Crippen LogP contribution >= 0.6 is 0 Å². The number of amides is 1. The van der Waals surface area contributed by atoms with Crippen LogP contribution in [-0.2, 0) is 6.42 Å². The van der Waals surface area contributed by atoms with Gasteiger partial charge in [0.15, 0.2) is 0 Å². The van der Waals surface area contributed by atoms with Crippen LogP contribution < -0.4 is 4.74 Å². The molecule has 1 aliphatic rings. The molecule has 0 aromatic heterocycles. The van der Waals surface area contributed by atoms with Crippen molar-refractivity contribution in [1.82, 2.24) is 4.90 Å². The number of fused-ring (bicyclic) bond motifs is 1. The van der Waals surface area contributed by atoms with E-state index in [4.69, 9.17) is 10.00 Å². The summed E-state index contributed by atoms with van der Waals surface area (Å²) in [6, 6.07) is 7.52. The molecule has 0 saturated carbocycles. The Morgan fingerprint density at radius 2 is 2.33 bits per heavy atom. The van der Waals surface area contributed by atoms with E-state index in [1.165, 1.54) is 0 Å². The van der Waals surface area contributed by atoms with Gasteiger partial charge in [0.1, 0.15) is 12.3 Å². The van der Waals surface area contributed by atoms with Gasteiger partial charge < -0.3 is 9.64 Å². The summed E-state index contributed by atoms with van der Waals surface area (Å²) in [5.41, 5.74) is 1.70. The molecule has 0 saturated heterocycles. The van der Waals surface area contributed by atoms with Gasteiger partial charge in [0, 0.05) is 18.0 Å². The van der Waals surface area contributed by atoms with Gasteiger partial charge in [-0.15, -0.1) is 0 Å². The first kappa shape index (κ1) is 12.4. The van der Waals surface area contributed by atoms with E-state index in [2.05, 4.69) is 0 Å². The van der Waals surface area contributed by atoms with Crippen LogP contribution in [0.4, 0.5) is 0 Å². The number of carbonyl (C=O) groups excluding carboxylic acids is 1. The van der Waals surface area contributed by atoms with Gasteiger partial charge in [-0.05, 0) is 37.6 Å². The van der Waals surface area contributed by atoms with Gasteiger partial charge in [-0.25, -0.2) is 0 Å². The summed E-state index contributed by atoms with van der Waals surface area (Å²) >= 11 is 0. The first-order valence-corrected chi connectivity index (χ1v) is 6.07. The van der Waals surface area contributed by atoms with Crippen LogP contribution in [0.25, 0.3) is 0 Å². The van der Waals surface area contributed by atoms with Crippen molar-refractivity contribution in [2.24, 2.45) is 0 Å². The van der Waals surface area contributed by atoms with E-state index in [1.54, 1.807) is 11.0 Å². The summed E-state index contributed by atoms with van der Waals surface area (Å²) in [5, 5.41) is 8.77. The molecule has 94 valence electrons. The molecule has 18 heavy (non-hydrogen) atoms. The number of benzene rings is 1. The summed E-state index contributed by atoms with van der Waals surface area (Å²) in [5.74, 6) is 0.768. The van der Waals surface area contributed by atoms with Crippen LogP contribution in [0.3, 0.4) is 0 Å². The Labute approximate surface area is 107 Å². The summed E-state index contributed by atoms with van der Waals surface area (Å²) in [6.45, 7) is 4.61. The highest BCUT2D eigenvalue weighted by atomic mass is 16.5. The van der Waals surface area contributed by atoms with E-state index in [0.717, 1.165) is 17.7 Å². The van der Waals surface area contributed by atoms with Crippen LogP contribution in [0.2, 0.25) is 0 Å². The Balaban J connectivity index is 2.25. The number of nitriles is 1. The molecule has 0 bridgehead atoms. The molecule has 1 aromatic rings. The van der Waals surface area contributed by atoms with Crippen LogP contribution in [0, 0.1) is 11.3 Å². The molecule has 0 radical (unpaired) electrons. The van der Waals surface area contributed by atoms with Crippen molar-refractivity contribution in [3.8, 4) is 11.8 Å². The molecular weight excluding hydrogens is 228 g/mol.